The van der Waals surface area contributed by atoms with E-state index < -0.39 is 5.54 Å². The van der Waals surface area contributed by atoms with Gasteiger partial charge in [-0.05, 0) is 26.3 Å². The number of aromatic amines is 1. The number of amides is 1. The molecular formula is C18H21N5O2. The number of hydrogen-bond acceptors (Lipinski definition) is 4. The first kappa shape index (κ1) is 16.9. The number of hydrogen-bond donors (Lipinski definition) is 3. The molecule has 0 aliphatic rings. The zero-order chi connectivity index (χ0) is 18.2. The molecule has 0 aliphatic heterocycles. The molecule has 1 atom stereocenters. The zero-order valence-electron chi connectivity index (χ0n) is 14.5. The largest absolute Gasteiger partial charge is 0.350 e. The number of carbonyl (C=O) groups is 1. The van der Waals surface area contributed by atoms with E-state index in [9.17, 15) is 9.59 Å². The topological polar surface area (TPSA) is 105 Å². The molecule has 1 unspecified atom stereocenters. The Kier molecular flexibility index (Phi) is 4.18. The van der Waals surface area contributed by atoms with Gasteiger partial charge in [-0.15, -0.1) is 0 Å². The summed E-state index contributed by atoms with van der Waals surface area (Å²) in [6.07, 6.45) is 0. The van der Waals surface area contributed by atoms with Crippen LogP contribution in [0.25, 0.3) is 5.65 Å². The van der Waals surface area contributed by atoms with Crippen LogP contribution in [0.15, 0.2) is 41.2 Å². The van der Waals surface area contributed by atoms with E-state index in [0.29, 0.717) is 5.65 Å². The van der Waals surface area contributed by atoms with Crippen LogP contribution in [0.1, 0.15) is 29.4 Å². The fraction of sp³-hybridized carbons (Fsp3) is 0.278. The SMILES string of the molecule is Cc1nc2cc(=O)[nH]n2c(C)c1CNC(=O)C(C)(N)c1ccccc1. The van der Waals surface area contributed by atoms with Gasteiger partial charge in [0.25, 0.3) is 5.56 Å². The molecule has 1 aromatic carbocycles. The highest BCUT2D eigenvalue weighted by atomic mass is 16.2. The van der Waals surface area contributed by atoms with Crippen LogP contribution in [-0.2, 0) is 16.9 Å². The van der Waals surface area contributed by atoms with Crippen LogP contribution in [0.5, 0.6) is 0 Å². The normalized spacial score (nSPS) is 13.6. The van der Waals surface area contributed by atoms with Gasteiger partial charge in [0.1, 0.15) is 5.54 Å². The fourth-order valence-electron chi connectivity index (χ4n) is 2.88. The second kappa shape index (κ2) is 6.18. The summed E-state index contributed by atoms with van der Waals surface area (Å²) in [6.45, 7) is 5.68. The van der Waals surface area contributed by atoms with Crippen LogP contribution >= 0.6 is 0 Å². The van der Waals surface area contributed by atoms with E-state index in [0.717, 1.165) is 22.5 Å². The summed E-state index contributed by atoms with van der Waals surface area (Å²) in [5.41, 5.74) is 8.61. The zero-order valence-corrected chi connectivity index (χ0v) is 14.5. The molecule has 0 spiro atoms. The molecule has 0 fully saturated rings. The lowest BCUT2D eigenvalue weighted by Gasteiger charge is -2.24. The number of nitrogens with zero attached hydrogens (tertiary/aromatic N) is 2. The average molecular weight is 339 g/mol. The molecule has 0 bridgehead atoms. The highest BCUT2D eigenvalue weighted by molar-refractivity contribution is 5.87. The van der Waals surface area contributed by atoms with Gasteiger partial charge in [-0.25, -0.2) is 9.50 Å². The van der Waals surface area contributed by atoms with E-state index in [1.807, 2.05) is 44.2 Å². The molecule has 130 valence electrons. The third-order valence-corrected chi connectivity index (χ3v) is 4.47. The first-order valence-electron chi connectivity index (χ1n) is 8.01. The Morgan fingerprint density at radius 1 is 1.32 bits per heavy atom. The van der Waals surface area contributed by atoms with Crippen molar-refractivity contribution < 1.29 is 4.79 Å². The van der Waals surface area contributed by atoms with E-state index >= 15 is 0 Å². The molecule has 7 heteroatoms. The maximum atomic E-state index is 12.6. The number of nitrogens with one attached hydrogen (secondary N) is 2. The number of rotatable bonds is 4. The molecule has 3 rings (SSSR count). The van der Waals surface area contributed by atoms with Crippen molar-refractivity contribution in [1.82, 2.24) is 19.9 Å². The van der Waals surface area contributed by atoms with Crippen LogP contribution in [0, 0.1) is 13.8 Å². The second-order valence-corrected chi connectivity index (χ2v) is 6.33. The highest BCUT2D eigenvalue weighted by Gasteiger charge is 2.30. The Morgan fingerprint density at radius 3 is 2.68 bits per heavy atom. The van der Waals surface area contributed by atoms with Crippen LogP contribution in [0.2, 0.25) is 0 Å². The number of H-pyrrole nitrogens is 1. The lowest BCUT2D eigenvalue weighted by Crippen LogP contribution is -2.48. The van der Waals surface area contributed by atoms with Gasteiger partial charge in [-0.1, -0.05) is 30.3 Å². The van der Waals surface area contributed by atoms with Gasteiger partial charge >= 0.3 is 0 Å². The molecule has 0 saturated carbocycles. The Balaban J connectivity index is 1.85. The summed E-state index contributed by atoms with van der Waals surface area (Å²) in [6, 6.07) is 10.7. The third-order valence-electron chi connectivity index (χ3n) is 4.47. The Morgan fingerprint density at radius 2 is 2.00 bits per heavy atom. The minimum atomic E-state index is -1.14. The first-order chi connectivity index (χ1) is 11.8. The highest BCUT2D eigenvalue weighted by Crippen LogP contribution is 2.18. The molecule has 25 heavy (non-hydrogen) atoms. The van der Waals surface area contributed by atoms with Crippen LogP contribution in [0.3, 0.4) is 0 Å². The molecular weight excluding hydrogens is 318 g/mol. The van der Waals surface area contributed by atoms with Crippen molar-refractivity contribution in [3.8, 4) is 0 Å². The van der Waals surface area contributed by atoms with Gasteiger partial charge in [0.15, 0.2) is 5.65 Å². The molecule has 0 saturated heterocycles. The van der Waals surface area contributed by atoms with Crippen molar-refractivity contribution in [2.24, 2.45) is 5.73 Å². The van der Waals surface area contributed by atoms with Crippen molar-refractivity contribution in [2.45, 2.75) is 32.9 Å². The van der Waals surface area contributed by atoms with E-state index in [2.05, 4.69) is 15.4 Å². The maximum absolute atomic E-state index is 12.6. The number of aromatic nitrogens is 3. The van der Waals surface area contributed by atoms with Gasteiger partial charge in [-0.2, -0.15) is 0 Å². The fourth-order valence-corrected chi connectivity index (χ4v) is 2.88. The molecule has 7 nitrogen and oxygen atoms in total. The Hall–Kier alpha value is -2.93. The molecule has 1 amide bonds. The number of aryl methyl sites for hydroxylation is 2. The minimum Gasteiger partial charge on any atom is -0.350 e. The number of benzene rings is 1. The van der Waals surface area contributed by atoms with Crippen molar-refractivity contribution in [3.05, 3.63) is 69.3 Å². The third kappa shape index (κ3) is 3.06. The van der Waals surface area contributed by atoms with E-state index in [4.69, 9.17) is 5.73 Å². The first-order valence-corrected chi connectivity index (χ1v) is 8.01. The monoisotopic (exact) mass is 339 g/mol. The molecule has 0 radical (unpaired) electrons. The van der Waals surface area contributed by atoms with Crippen LogP contribution in [0.4, 0.5) is 0 Å². The second-order valence-electron chi connectivity index (χ2n) is 6.33. The number of fused-ring (bicyclic) bond motifs is 1. The average Bonchev–Trinajstić information content (AvgIpc) is 2.95. The van der Waals surface area contributed by atoms with E-state index in [-0.39, 0.29) is 18.0 Å². The molecule has 3 aromatic rings. The van der Waals surface area contributed by atoms with Gasteiger partial charge in [0, 0.05) is 29.6 Å². The lowest BCUT2D eigenvalue weighted by atomic mass is 9.92. The summed E-state index contributed by atoms with van der Waals surface area (Å²) in [5, 5.41) is 5.58. The molecule has 2 aromatic heterocycles. The maximum Gasteiger partial charge on any atom is 0.266 e. The standard InChI is InChI=1S/C18H21N5O2/c1-11-14(12(2)23-15(21-11)9-16(24)22-23)10-20-17(25)18(3,19)13-7-5-4-6-8-13/h4-9H,10,19H2,1-3H3,(H,20,25)(H,22,24). The predicted molar refractivity (Wildman–Crippen MR) is 95.1 cm³/mol. The summed E-state index contributed by atoms with van der Waals surface area (Å²) < 4.78 is 1.62. The minimum absolute atomic E-state index is 0.213. The summed E-state index contributed by atoms with van der Waals surface area (Å²) in [5.74, 6) is -0.279. The quantitative estimate of drug-likeness (QED) is 0.662. The molecule has 4 N–H and O–H groups in total. The molecule has 0 aliphatic carbocycles. The van der Waals surface area contributed by atoms with E-state index in [1.54, 1.807) is 11.4 Å². The summed E-state index contributed by atoms with van der Waals surface area (Å²) in [7, 11) is 0. The van der Waals surface area contributed by atoms with Crippen molar-refractivity contribution in [1.29, 1.82) is 0 Å². The summed E-state index contributed by atoms with van der Waals surface area (Å²) in [4.78, 5) is 28.5. The number of nitrogens with two attached hydrogens (primary N) is 1. The van der Waals surface area contributed by atoms with Gasteiger partial charge in [-0.3, -0.25) is 14.7 Å². The smallest absolute Gasteiger partial charge is 0.266 e. The van der Waals surface area contributed by atoms with Crippen molar-refractivity contribution in [2.75, 3.05) is 0 Å². The Bertz CT molecular complexity index is 986. The van der Waals surface area contributed by atoms with Crippen molar-refractivity contribution in [3.63, 3.8) is 0 Å². The lowest BCUT2D eigenvalue weighted by molar-refractivity contribution is -0.126. The molecule has 2 heterocycles. The Labute approximate surface area is 144 Å². The van der Waals surface area contributed by atoms with Gasteiger partial charge in [0.05, 0.1) is 0 Å². The number of carbonyl (C=O) groups excluding carboxylic acids is 1. The summed E-state index contributed by atoms with van der Waals surface area (Å²) >= 11 is 0. The predicted octanol–water partition coefficient (Wildman–Crippen LogP) is 1.13. The van der Waals surface area contributed by atoms with Gasteiger partial charge < -0.3 is 11.1 Å². The van der Waals surface area contributed by atoms with Crippen molar-refractivity contribution >= 4 is 11.6 Å². The van der Waals surface area contributed by atoms with Gasteiger partial charge in [0.2, 0.25) is 5.91 Å². The van der Waals surface area contributed by atoms with Crippen LogP contribution in [-0.4, -0.2) is 20.5 Å². The van der Waals surface area contributed by atoms with E-state index in [1.165, 1.54) is 6.07 Å². The van der Waals surface area contributed by atoms with Crippen LogP contribution < -0.4 is 16.6 Å².